The fraction of sp³-hybridized carbons (Fsp3) is 0.818. The predicted molar refractivity (Wildman–Crippen MR) is 61.9 cm³/mol. The molecule has 1 aromatic heterocycles. The van der Waals surface area contributed by atoms with Crippen LogP contribution in [-0.4, -0.2) is 56.6 Å². The molecule has 0 amide bonds. The summed E-state index contributed by atoms with van der Waals surface area (Å²) in [6, 6.07) is 0. The third-order valence-electron chi connectivity index (χ3n) is 2.94. The van der Waals surface area contributed by atoms with Crippen LogP contribution < -0.4 is 4.84 Å². The van der Waals surface area contributed by atoms with Crippen LogP contribution in [0, 0.1) is 0 Å². The Morgan fingerprint density at radius 3 is 3.05 bits per heavy atom. The molecule has 7 nitrogen and oxygen atoms in total. The maximum Gasteiger partial charge on any atom is 0.255 e. The molecule has 2 heterocycles. The van der Waals surface area contributed by atoms with Crippen molar-refractivity contribution in [3.05, 3.63) is 11.9 Å². The first-order valence-corrected chi connectivity index (χ1v) is 6.32. The Morgan fingerprint density at radius 2 is 2.32 bits per heavy atom. The molecular weight excluding hydrogens is 257 g/mol. The highest BCUT2D eigenvalue weighted by Gasteiger charge is 2.40. The molecule has 0 unspecified atom stereocenters. The molecule has 0 spiro atoms. The van der Waals surface area contributed by atoms with Gasteiger partial charge in [-0.3, -0.25) is 0 Å². The Kier molecular flexibility index (Phi) is 4.67. The Labute approximate surface area is 109 Å². The summed E-state index contributed by atoms with van der Waals surface area (Å²) >= 11 is 0. The molecule has 1 fully saturated rings. The third kappa shape index (κ3) is 3.40. The van der Waals surface area contributed by atoms with E-state index in [1.54, 1.807) is 6.20 Å². The maximum atomic E-state index is 13.1. The minimum atomic E-state index is -1.62. The fourth-order valence-corrected chi connectivity index (χ4v) is 1.76. The molecule has 0 radical (unpaired) electrons. The Morgan fingerprint density at radius 1 is 1.53 bits per heavy atom. The van der Waals surface area contributed by atoms with Gasteiger partial charge in [0, 0.05) is 0 Å². The Bertz CT molecular complexity index is 403. The summed E-state index contributed by atoms with van der Waals surface area (Å²) in [4.78, 5) is 6.25. The topological polar surface area (TPSA) is 89.6 Å². The van der Waals surface area contributed by atoms with Gasteiger partial charge in [-0.25, -0.2) is 4.39 Å². The SMILES string of the molecule is CCCCc1cn(O[C@@H]2OC[C@@H](F)[C@H](O)[C@H]2O)nn1. The van der Waals surface area contributed by atoms with Gasteiger partial charge in [0.1, 0.15) is 12.2 Å². The highest BCUT2D eigenvalue weighted by molar-refractivity contribution is 4.91. The van der Waals surface area contributed by atoms with E-state index in [4.69, 9.17) is 9.57 Å². The van der Waals surface area contributed by atoms with Gasteiger partial charge in [0.05, 0.1) is 18.5 Å². The summed E-state index contributed by atoms with van der Waals surface area (Å²) < 4.78 is 18.0. The lowest BCUT2D eigenvalue weighted by molar-refractivity contribution is -0.264. The summed E-state index contributed by atoms with van der Waals surface area (Å²) in [6.07, 6.45) is -1.39. The van der Waals surface area contributed by atoms with E-state index in [0.29, 0.717) is 0 Å². The smallest absolute Gasteiger partial charge is 0.255 e. The van der Waals surface area contributed by atoms with E-state index in [-0.39, 0.29) is 6.61 Å². The summed E-state index contributed by atoms with van der Waals surface area (Å²) in [5, 5.41) is 26.6. The van der Waals surface area contributed by atoms with E-state index in [9.17, 15) is 14.6 Å². The molecule has 108 valence electrons. The Hall–Kier alpha value is -1.25. The van der Waals surface area contributed by atoms with Gasteiger partial charge in [0.2, 0.25) is 0 Å². The van der Waals surface area contributed by atoms with Crippen LogP contribution in [0.5, 0.6) is 0 Å². The zero-order valence-electron chi connectivity index (χ0n) is 10.6. The van der Waals surface area contributed by atoms with Crippen molar-refractivity contribution < 1.29 is 24.2 Å². The van der Waals surface area contributed by atoms with Crippen LogP contribution in [0.25, 0.3) is 0 Å². The van der Waals surface area contributed by atoms with Gasteiger partial charge >= 0.3 is 0 Å². The third-order valence-corrected chi connectivity index (χ3v) is 2.94. The number of aromatic nitrogens is 3. The van der Waals surface area contributed by atoms with Crippen LogP contribution in [0.4, 0.5) is 4.39 Å². The molecular formula is C11H18FN3O4. The second-order valence-corrected chi connectivity index (χ2v) is 4.52. The summed E-state index contributed by atoms with van der Waals surface area (Å²) in [7, 11) is 0. The van der Waals surface area contributed by atoms with E-state index in [0.717, 1.165) is 29.8 Å². The number of unbranched alkanes of at least 4 members (excludes halogenated alkanes) is 1. The minimum absolute atomic E-state index is 0.333. The molecule has 1 aromatic rings. The van der Waals surface area contributed by atoms with Crippen molar-refractivity contribution in [3.63, 3.8) is 0 Å². The molecule has 0 saturated carbocycles. The molecule has 1 saturated heterocycles. The average molecular weight is 275 g/mol. The van der Waals surface area contributed by atoms with Crippen molar-refractivity contribution >= 4 is 0 Å². The highest BCUT2D eigenvalue weighted by Crippen LogP contribution is 2.17. The molecule has 0 aliphatic carbocycles. The first-order chi connectivity index (χ1) is 9.11. The summed E-state index contributed by atoms with van der Waals surface area (Å²) in [5.74, 6) is 0. The number of halogens is 1. The van der Waals surface area contributed by atoms with Crippen molar-refractivity contribution in [2.24, 2.45) is 0 Å². The molecule has 0 aromatic carbocycles. The monoisotopic (exact) mass is 275 g/mol. The highest BCUT2D eigenvalue weighted by atomic mass is 19.1. The van der Waals surface area contributed by atoms with Crippen molar-refractivity contribution in [1.82, 2.24) is 15.2 Å². The van der Waals surface area contributed by atoms with Crippen LogP contribution >= 0.6 is 0 Å². The predicted octanol–water partition coefficient (Wildman–Crippen LogP) is -0.534. The van der Waals surface area contributed by atoms with Crippen molar-refractivity contribution in [3.8, 4) is 0 Å². The lowest BCUT2D eigenvalue weighted by Gasteiger charge is -2.32. The zero-order chi connectivity index (χ0) is 13.8. The van der Waals surface area contributed by atoms with E-state index in [2.05, 4.69) is 17.2 Å². The van der Waals surface area contributed by atoms with Crippen molar-refractivity contribution in [2.75, 3.05) is 6.61 Å². The molecule has 1 aliphatic rings. The molecule has 2 rings (SSSR count). The van der Waals surface area contributed by atoms with E-state index in [1.165, 1.54) is 0 Å². The molecule has 19 heavy (non-hydrogen) atoms. The second kappa shape index (κ2) is 6.27. The number of rotatable bonds is 5. The standard InChI is InChI=1S/C11H18FN3O4/c1-2-3-4-7-5-15(14-13-7)19-11-10(17)9(16)8(12)6-18-11/h5,8-11,16-17H,2-4,6H2,1H3/t8-,9+,10-,11+/m1/s1. The minimum Gasteiger partial charge on any atom is -0.387 e. The second-order valence-electron chi connectivity index (χ2n) is 4.52. The average Bonchev–Trinajstić information content (AvgIpc) is 2.85. The molecule has 8 heteroatoms. The van der Waals surface area contributed by atoms with E-state index in [1.807, 2.05) is 0 Å². The van der Waals surface area contributed by atoms with Crippen LogP contribution in [0.1, 0.15) is 25.5 Å². The number of nitrogens with zero attached hydrogens (tertiary/aromatic N) is 3. The maximum absolute atomic E-state index is 13.1. The first-order valence-electron chi connectivity index (χ1n) is 6.32. The van der Waals surface area contributed by atoms with Gasteiger partial charge in [0.15, 0.2) is 6.17 Å². The fourth-order valence-electron chi connectivity index (χ4n) is 1.76. The number of ether oxygens (including phenoxy) is 1. The van der Waals surface area contributed by atoms with Crippen LogP contribution in [0.3, 0.4) is 0 Å². The lowest BCUT2D eigenvalue weighted by atomic mass is 10.1. The summed E-state index contributed by atoms with van der Waals surface area (Å²) in [6.45, 7) is 1.74. The molecule has 4 atom stereocenters. The number of alkyl halides is 1. The van der Waals surface area contributed by atoms with Gasteiger partial charge in [0.25, 0.3) is 6.29 Å². The van der Waals surface area contributed by atoms with E-state index < -0.39 is 24.7 Å². The number of hydrogen-bond donors (Lipinski definition) is 2. The van der Waals surface area contributed by atoms with Gasteiger partial charge in [-0.05, 0) is 18.1 Å². The normalized spacial score (nSPS) is 31.4. The van der Waals surface area contributed by atoms with Gasteiger partial charge in [-0.2, -0.15) is 0 Å². The van der Waals surface area contributed by atoms with Crippen LogP contribution in [-0.2, 0) is 11.2 Å². The largest absolute Gasteiger partial charge is 0.387 e. The molecule has 0 bridgehead atoms. The zero-order valence-corrected chi connectivity index (χ0v) is 10.6. The van der Waals surface area contributed by atoms with Crippen LogP contribution in [0.2, 0.25) is 0 Å². The molecule has 1 aliphatic heterocycles. The number of hydrogen-bond acceptors (Lipinski definition) is 6. The number of aliphatic hydroxyl groups is 2. The van der Waals surface area contributed by atoms with Gasteiger partial charge in [-0.15, -0.1) is 5.10 Å². The summed E-state index contributed by atoms with van der Waals surface area (Å²) in [5.41, 5.74) is 0.760. The van der Waals surface area contributed by atoms with Crippen LogP contribution in [0.15, 0.2) is 6.20 Å². The Balaban J connectivity index is 1.91. The lowest BCUT2D eigenvalue weighted by Crippen LogP contribution is -2.54. The van der Waals surface area contributed by atoms with Gasteiger partial charge in [-0.1, -0.05) is 18.2 Å². The quantitative estimate of drug-likeness (QED) is 0.750. The number of aliphatic hydroxyl groups excluding tert-OH is 2. The first kappa shape index (κ1) is 14.2. The van der Waals surface area contributed by atoms with E-state index >= 15 is 0 Å². The van der Waals surface area contributed by atoms with Crippen molar-refractivity contribution in [2.45, 2.75) is 50.9 Å². The van der Waals surface area contributed by atoms with Gasteiger partial charge < -0.3 is 19.8 Å². The number of aryl methyl sites for hydroxylation is 1. The molecule has 2 N–H and O–H groups in total. The van der Waals surface area contributed by atoms with Crippen molar-refractivity contribution in [1.29, 1.82) is 0 Å².